The number of benzene rings is 1. The van der Waals surface area contributed by atoms with E-state index < -0.39 is 0 Å². The van der Waals surface area contributed by atoms with Crippen molar-refractivity contribution in [2.24, 2.45) is 5.41 Å². The molecule has 1 aliphatic rings. The van der Waals surface area contributed by atoms with Crippen molar-refractivity contribution >= 4 is 10.8 Å². The third-order valence-corrected chi connectivity index (χ3v) is 4.32. The van der Waals surface area contributed by atoms with Crippen LogP contribution in [0, 0.1) is 18.4 Å². The van der Waals surface area contributed by atoms with Gasteiger partial charge < -0.3 is 48.0 Å². The van der Waals surface area contributed by atoms with Gasteiger partial charge in [-0.3, -0.25) is 6.08 Å². The number of allylic oxidation sites excluding steroid dienone is 4. The zero-order valence-corrected chi connectivity index (χ0v) is 21.5. The van der Waals surface area contributed by atoms with Gasteiger partial charge in [-0.2, -0.15) is 17.2 Å². The van der Waals surface area contributed by atoms with Crippen LogP contribution in [0.15, 0.2) is 53.1 Å². The third-order valence-electron chi connectivity index (χ3n) is 4.32. The number of halogens is 2. The molecule has 2 aromatic carbocycles. The first-order valence-electron chi connectivity index (χ1n) is 7.23. The van der Waals surface area contributed by atoms with Gasteiger partial charge in [-0.15, -0.1) is 47.5 Å². The summed E-state index contributed by atoms with van der Waals surface area (Å²) >= 11 is 0. The number of hydrogen-bond donors (Lipinski definition) is 0. The van der Waals surface area contributed by atoms with Gasteiger partial charge in [-0.05, 0) is 0 Å². The Balaban J connectivity index is 0. The van der Waals surface area contributed by atoms with Crippen molar-refractivity contribution in [1.29, 1.82) is 0 Å². The molecule has 122 valence electrons. The molecule has 0 heterocycles. The molecule has 3 heteroatoms. The van der Waals surface area contributed by atoms with Crippen LogP contribution in [-0.2, 0) is 26.2 Å². The summed E-state index contributed by atoms with van der Waals surface area (Å²) in [5.41, 5.74) is 5.74. The van der Waals surface area contributed by atoms with E-state index in [0.29, 0.717) is 0 Å². The summed E-state index contributed by atoms with van der Waals surface area (Å²) in [5.74, 6) is 0. The minimum atomic E-state index is 0. The van der Waals surface area contributed by atoms with Crippen LogP contribution < -0.4 is 48.0 Å². The maximum absolute atomic E-state index is 3.44. The van der Waals surface area contributed by atoms with Crippen molar-refractivity contribution in [3.63, 3.8) is 0 Å². The predicted molar refractivity (Wildman–Crippen MR) is 88.9 cm³/mol. The molecule has 0 aromatic heterocycles. The zero-order valence-electron chi connectivity index (χ0n) is 14.7. The van der Waals surface area contributed by atoms with E-state index in [1.165, 1.54) is 33.1 Å². The van der Waals surface area contributed by atoms with Gasteiger partial charge >= 0.3 is 26.2 Å². The third kappa shape index (κ3) is 6.47. The van der Waals surface area contributed by atoms with Crippen molar-refractivity contribution in [3.05, 3.63) is 64.8 Å². The molecule has 0 unspecified atom stereocenters. The van der Waals surface area contributed by atoms with Gasteiger partial charge in [0, 0.05) is 0 Å². The Bertz CT molecular complexity index is 657. The van der Waals surface area contributed by atoms with Crippen LogP contribution in [0.5, 0.6) is 0 Å². The molecule has 0 saturated carbocycles. The quantitative estimate of drug-likeness (QED) is 0.292. The maximum atomic E-state index is 3.44. The first kappa shape index (κ1) is 25.9. The molecule has 0 spiro atoms. The summed E-state index contributed by atoms with van der Waals surface area (Å²) in [7, 11) is 0. The van der Waals surface area contributed by atoms with Gasteiger partial charge in [0.1, 0.15) is 0 Å². The maximum Gasteiger partial charge on any atom is 4.00 e. The van der Waals surface area contributed by atoms with E-state index in [1.807, 2.05) is 0 Å². The molecular formula is C20H24I2Zr. The van der Waals surface area contributed by atoms with Crippen molar-refractivity contribution in [1.82, 2.24) is 0 Å². The Labute approximate surface area is 194 Å². The second-order valence-electron chi connectivity index (χ2n) is 6.29. The second-order valence-corrected chi connectivity index (χ2v) is 6.29. The number of hydrogen-bond acceptors (Lipinski definition) is 0. The van der Waals surface area contributed by atoms with Gasteiger partial charge in [0.25, 0.3) is 0 Å². The fourth-order valence-electron chi connectivity index (χ4n) is 2.71. The summed E-state index contributed by atoms with van der Waals surface area (Å²) in [6.07, 6.45) is 3.44. The average molecular weight is 609 g/mol. The van der Waals surface area contributed by atoms with Crippen LogP contribution in [0.25, 0.3) is 10.8 Å². The molecule has 0 N–H and O–H groups in total. The molecule has 3 rings (SSSR count). The van der Waals surface area contributed by atoms with E-state index in [1.54, 1.807) is 0 Å². The number of rotatable bonds is 0. The second kappa shape index (κ2) is 10.6. The molecule has 0 fully saturated rings. The van der Waals surface area contributed by atoms with Crippen LogP contribution in [0.4, 0.5) is 0 Å². The van der Waals surface area contributed by atoms with Crippen LogP contribution in [-0.4, -0.2) is 0 Å². The van der Waals surface area contributed by atoms with E-state index in [2.05, 4.69) is 84.0 Å². The SMILES string of the molecule is CC1=[C-]C(C)(C)C(C)=C1C.Cc1cc2ccccc2[cH-]1.[I-].[I-].[Zr+4]. The van der Waals surface area contributed by atoms with E-state index in [-0.39, 0.29) is 79.6 Å². The Hall–Kier alpha value is 0.653. The van der Waals surface area contributed by atoms with Gasteiger partial charge in [0.15, 0.2) is 0 Å². The van der Waals surface area contributed by atoms with Gasteiger partial charge in [0.2, 0.25) is 0 Å². The summed E-state index contributed by atoms with van der Waals surface area (Å²) < 4.78 is 0. The van der Waals surface area contributed by atoms with Crippen molar-refractivity contribution < 1.29 is 74.2 Å². The Morgan fingerprint density at radius 1 is 0.957 bits per heavy atom. The molecule has 2 aromatic rings. The van der Waals surface area contributed by atoms with Crippen molar-refractivity contribution in [2.75, 3.05) is 0 Å². The first-order valence-corrected chi connectivity index (χ1v) is 7.23. The molecule has 0 atom stereocenters. The van der Waals surface area contributed by atoms with Gasteiger partial charge in [-0.25, -0.2) is 5.57 Å². The van der Waals surface area contributed by atoms with E-state index in [9.17, 15) is 0 Å². The Morgan fingerprint density at radius 2 is 1.52 bits per heavy atom. The summed E-state index contributed by atoms with van der Waals surface area (Å²) in [5, 5.41) is 2.69. The van der Waals surface area contributed by atoms with Crippen LogP contribution in [0.1, 0.15) is 40.2 Å². The minimum absolute atomic E-state index is 0. The predicted octanol–water partition coefficient (Wildman–Crippen LogP) is -0.0153. The molecule has 0 nitrogen and oxygen atoms in total. The Morgan fingerprint density at radius 3 is 1.91 bits per heavy atom. The summed E-state index contributed by atoms with van der Waals surface area (Å²) in [6, 6.07) is 12.8. The fourth-order valence-corrected chi connectivity index (χ4v) is 2.71. The van der Waals surface area contributed by atoms with Gasteiger partial charge in [0.05, 0.1) is 0 Å². The monoisotopic (exact) mass is 608 g/mol. The molecule has 0 saturated heterocycles. The zero-order chi connectivity index (χ0) is 14.9. The Kier molecular flexibility index (Phi) is 11.9. The number of fused-ring (bicyclic) bond motifs is 1. The molecule has 0 radical (unpaired) electrons. The molecule has 0 bridgehead atoms. The standard InChI is InChI=1S/C10H9.C10H15.2HI.Zr/c1-8-6-9-4-2-3-5-10(9)7-8;1-7-6-10(4,5)9(3)8(7)2;;;/h2-7H,1H3;1-5H3;2*1H;/q2*-1;;;+4/p-2. The number of aryl methyl sites for hydroxylation is 1. The molecular weight excluding hydrogens is 585 g/mol. The fraction of sp³-hybridized carbons (Fsp3) is 0.350. The van der Waals surface area contributed by atoms with Crippen molar-refractivity contribution in [3.8, 4) is 0 Å². The molecule has 0 aliphatic heterocycles. The largest absolute Gasteiger partial charge is 4.00 e. The molecule has 0 amide bonds. The minimum Gasteiger partial charge on any atom is -1.00 e. The van der Waals surface area contributed by atoms with Gasteiger partial charge in [-0.1, -0.05) is 46.1 Å². The average Bonchev–Trinajstić information content (AvgIpc) is 2.83. The van der Waals surface area contributed by atoms with Crippen LogP contribution in [0.2, 0.25) is 0 Å². The first-order chi connectivity index (χ1) is 9.31. The topological polar surface area (TPSA) is 0 Å². The van der Waals surface area contributed by atoms with Crippen LogP contribution >= 0.6 is 0 Å². The van der Waals surface area contributed by atoms with E-state index in [4.69, 9.17) is 0 Å². The summed E-state index contributed by atoms with van der Waals surface area (Å²) in [6.45, 7) is 13.0. The summed E-state index contributed by atoms with van der Waals surface area (Å²) in [4.78, 5) is 0. The van der Waals surface area contributed by atoms with Crippen LogP contribution in [0.3, 0.4) is 0 Å². The molecule has 1 aliphatic carbocycles. The molecule has 23 heavy (non-hydrogen) atoms. The van der Waals surface area contributed by atoms with E-state index >= 15 is 0 Å². The normalized spacial score (nSPS) is 14.8. The van der Waals surface area contributed by atoms with E-state index in [0.717, 1.165) is 0 Å². The van der Waals surface area contributed by atoms with Crippen molar-refractivity contribution in [2.45, 2.75) is 41.5 Å². The smallest absolute Gasteiger partial charge is 1.00 e.